The van der Waals surface area contributed by atoms with Gasteiger partial charge in [-0.3, -0.25) is 14.6 Å². The molecule has 1 aromatic carbocycles. The molecule has 0 saturated carbocycles. The van der Waals surface area contributed by atoms with Crippen LogP contribution in [0.25, 0.3) is 0 Å². The summed E-state index contributed by atoms with van der Waals surface area (Å²) in [6.07, 6.45) is 2.37. The van der Waals surface area contributed by atoms with Gasteiger partial charge in [0, 0.05) is 55.2 Å². The lowest BCUT2D eigenvalue weighted by Gasteiger charge is -2.36. The van der Waals surface area contributed by atoms with Crippen LogP contribution in [-0.2, 0) is 0 Å². The lowest BCUT2D eigenvalue weighted by molar-refractivity contribution is 0.0741. The number of carbonyl (C=O) groups excluding carboxylic acids is 2. The number of hydrogen-bond donors (Lipinski definition) is 1. The van der Waals surface area contributed by atoms with Crippen LogP contribution in [0.2, 0.25) is 5.02 Å². The quantitative estimate of drug-likeness (QED) is 0.858. The smallest absolute Gasteiger partial charge is 0.272 e. The van der Waals surface area contributed by atoms with Crippen molar-refractivity contribution in [3.8, 4) is 0 Å². The second kappa shape index (κ2) is 8.86. The fraction of sp³-hybridized carbons (Fsp3) is 0.350. The number of nitrogens with one attached hydrogen (secondary N) is 1. The van der Waals surface area contributed by atoms with Gasteiger partial charge in [-0.25, -0.2) is 0 Å². The Hall–Kier alpha value is -2.60. The third kappa shape index (κ3) is 4.77. The van der Waals surface area contributed by atoms with Crippen LogP contribution in [0.3, 0.4) is 0 Å². The lowest BCUT2D eigenvalue weighted by atomic mass is 10.2. The number of piperazine rings is 1. The Kier molecular flexibility index (Phi) is 6.29. The molecule has 2 aromatic rings. The highest BCUT2D eigenvalue weighted by molar-refractivity contribution is 6.30. The second-order valence-electron chi connectivity index (χ2n) is 6.44. The molecule has 1 N–H and O–H groups in total. The summed E-state index contributed by atoms with van der Waals surface area (Å²) in [6.45, 7) is 5.24. The minimum atomic E-state index is -0.181. The maximum atomic E-state index is 12.8. The van der Waals surface area contributed by atoms with Gasteiger partial charge in [-0.1, -0.05) is 24.6 Å². The van der Waals surface area contributed by atoms with Crippen LogP contribution < -0.4 is 10.2 Å². The molecule has 1 aromatic heterocycles. The molecule has 3 rings (SSSR count). The first kappa shape index (κ1) is 19.2. The van der Waals surface area contributed by atoms with Crippen LogP contribution in [0.15, 0.2) is 42.6 Å². The number of aromatic nitrogens is 1. The van der Waals surface area contributed by atoms with Gasteiger partial charge < -0.3 is 15.1 Å². The standard InChI is InChI=1S/C20H23ClN4O2/c1-2-7-23-19(26)15-6-8-22-18(13-15)20(27)25-11-9-24(10-12-25)17-5-3-4-16(21)14-17/h3-6,8,13-14H,2,7,9-12H2,1H3,(H,23,26). The molecule has 1 aliphatic rings. The molecule has 1 saturated heterocycles. The predicted molar refractivity (Wildman–Crippen MR) is 106 cm³/mol. The number of carbonyl (C=O) groups is 2. The van der Waals surface area contributed by atoms with E-state index in [-0.39, 0.29) is 11.8 Å². The highest BCUT2D eigenvalue weighted by Crippen LogP contribution is 2.21. The molecule has 0 unspecified atom stereocenters. The molecule has 27 heavy (non-hydrogen) atoms. The molecule has 6 nitrogen and oxygen atoms in total. The first-order chi connectivity index (χ1) is 13.1. The molecule has 1 fully saturated rings. The van der Waals surface area contributed by atoms with Gasteiger partial charge in [0.2, 0.25) is 0 Å². The number of pyridine rings is 1. The number of amides is 2. The Bertz CT molecular complexity index is 819. The number of benzene rings is 1. The maximum Gasteiger partial charge on any atom is 0.272 e. The summed E-state index contributed by atoms with van der Waals surface area (Å²) in [7, 11) is 0. The van der Waals surface area contributed by atoms with Crippen molar-refractivity contribution >= 4 is 29.1 Å². The molecule has 0 bridgehead atoms. The summed E-state index contributed by atoms with van der Waals surface area (Å²) >= 11 is 6.06. The summed E-state index contributed by atoms with van der Waals surface area (Å²) in [5.74, 6) is -0.329. The number of anilines is 1. The number of rotatable bonds is 5. The van der Waals surface area contributed by atoms with Gasteiger partial charge >= 0.3 is 0 Å². The molecule has 1 aliphatic heterocycles. The first-order valence-corrected chi connectivity index (χ1v) is 9.50. The van der Waals surface area contributed by atoms with Gasteiger partial charge in [-0.05, 0) is 36.8 Å². The molecule has 0 aliphatic carbocycles. The van der Waals surface area contributed by atoms with E-state index in [2.05, 4.69) is 15.2 Å². The molecule has 2 amide bonds. The van der Waals surface area contributed by atoms with Gasteiger partial charge in [0.25, 0.3) is 11.8 Å². The van der Waals surface area contributed by atoms with Crippen molar-refractivity contribution in [2.75, 3.05) is 37.6 Å². The Morgan fingerprint density at radius 3 is 2.63 bits per heavy atom. The van der Waals surface area contributed by atoms with Crippen molar-refractivity contribution in [1.82, 2.24) is 15.2 Å². The van der Waals surface area contributed by atoms with Gasteiger partial charge in [0.15, 0.2) is 0 Å². The largest absolute Gasteiger partial charge is 0.368 e. The van der Waals surface area contributed by atoms with Gasteiger partial charge in [-0.2, -0.15) is 0 Å². The maximum absolute atomic E-state index is 12.8. The summed E-state index contributed by atoms with van der Waals surface area (Å²) in [4.78, 5) is 33.0. The predicted octanol–water partition coefficient (Wildman–Crippen LogP) is 2.84. The Morgan fingerprint density at radius 1 is 1.15 bits per heavy atom. The number of hydrogen-bond acceptors (Lipinski definition) is 4. The Balaban J connectivity index is 1.63. The average molecular weight is 387 g/mol. The van der Waals surface area contributed by atoms with E-state index < -0.39 is 0 Å². The third-order valence-corrected chi connectivity index (χ3v) is 4.75. The van der Waals surface area contributed by atoms with E-state index in [0.29, 0.717) is 35.9 Å². The zero-order chi connectivity index (χ0) is 19.2. The molecule has 142 valence electrons. The Morgan fingerprint density at radius 2 is 1.93 bits per heavy atom. The van der Waals surface area contributed by atoms with Crippen molar-refractivity contribution in [3.05, 3.63) is 58.9 Å². The lowest BCUT2D eigenvalue weighted by Crippen LogP contribution is -2.49. The van der Waals surface area contributed by atoms with Crippen LogP contribution in [0.4, 0.5) is 5.69 Å². The highest BCUT2D eigenvalue weighted by Gasteiger charge is 2.23. The van der Waals surface area contributed by atoms with Gasteiger partial charge in [-0.15, -0.1) is 0 Å². The van der Waals surface area contributed by atoms with E-state index >= 15 is 0 Å². The average Bonchev–Trinajstić information content (AvgIpc) is 2.71. The van der Waals surface area contributed by atoms with Crippen molar-refractivity contribution in [2.24, 2.45) is 0 Å². The van der Waals surface area contributed by atoms with Gasteiger partial charge in [0.05, 0.1) is 0 Å². The topological polar surface area (TPSA) is 65.5 Å². The van der Waals surface area contributed by atoms with Crippen molar-refractivity contribution in [3.63, 3.8) is 0 Å². The van der Waals surface area contributed by atoms with Crippen LogP contribution in [0.5, 0.6) is 0 Å². The highest BCUT2D eigenvalue weighted by atomic mass is 35.5. The summed E-state index contributed by atoms with van der Waals surface area (Å²) in [5.41, 5.74) is 1.82. The van der Waals surface area contributed by atoms with Crippen LogP contribution in [0.1, 0.15) is 34.2 Å². The summed E-state index contributed by atoms with van der Waals surface area (Å²) in [6, 6.07) is 10.9. The number of nitrogens with zero attached hydrogens (tertiary/aromatic N) is 3. The second-order valence-corrected chi connectivity index (χ2v) is 6.88. The minimum absolute atomic E-state index is 0.147. The van der Waals surface area contributed by atoms with E-state index in [1.165, 1.54) is 6.20 Å². The Labute approximate surface area is 164 Å². The third-order valence-electron chi connectivity index (χ3n) is 4.52. The summed E-state index contributed by atoms with van der Waals surface area (Å²) in [5, 5.41) is 3.52. The molecule has 2 heterocycles. The summed E-state index contributed by atoms with van der Waals surface area (Å²) < 4.78 is 0. The van der Waals surface area contributed by atoms with E-state index in [0.717, 1.165) is 25.2 Å². The zero-order valence-electron chi connectivity index (χ0n) is 15.3. The molecular weight excluding hydrogens is 364 g/mol. The van der Waals surface area contributed by atoms with Gasteiger partial charge in [0.1, 0.15) is 5.69 Å². The van der Waals surface area contributed by atoms with Crippen molar-refractivity contribution in [1.29, 1.82) is 0 Å². The van der Waals surface area contributed by atoms with Crippen LogP contribution in [0, 0.1) is 0 Å². The van der Waals surface area contributed by atoms with Crippen LogP contribution in [-0.4, -0.2) is 54.4 Å². The molecular formula is C20H23ClN4O2. The number of halogens is 1. The SMILES string of the molecule is CCCNC(=O)c1ccnc(C(=O)N2CCN(c3cccc(Cl)c3)CC2)c1. The monoisotopic (exact) mass is 386 g/mol. The fourth-order valence-electron chi connectivity index (χ4n) is 3.03. The van der Waals surface area contributed by atoms with Crippen molar-refractivity contribution in [2.45, 2.75) is 13.3 Å². The molecule has 0 spiro atoms. The first-order valence-electron chi connectivity index (χ1n) is 9.12. The van der Waals surface area contributed by atoms with E-state index in [1.54, 1.807) is 17.0 Å². The van der Waals surface area contributed by atoms with Crippen molar-refractivity contribution < 1.29 is 9.59 Å². The van der Waals surface area contributed by atoms with E-state index in [9.17, 15) is 9.59 Å². The molecule has 0 radical (unpaired) electrons. The van der Waals surface area contributed by atoms with Crippen LogP contribution >= 0.6 is 11.6 Å². The molecule has 7 heteroatoms. The normalized spacial score (nSPS) is 14.1. The van der Waals surface area contributed by atoms with E-state index in [4.69, 9.17) is 11.6 Å². The zero-order valence-corrected chi connectivity index (χ0v) is 16.1. The minimum Gasteiger partial charge on any atom is -0.368 e. The van der Waals surface area contributed by atoms with E-state index in [1.807, 2.05) is 31.2 Å². The fourth-order valence-corrected chi connectivity index (χ4v) is 3.22. The molecule has 0 atom stereocenters.